The van der Waals surface area contributed by atoms with Crippen molar-refractivity contribution in [1.82, 2.24) is 15.2 Å². The van der Waals surface area contributed by atoms with Crippen LogP contribution in [0.2, 0.25) is 0 Å². The van der Waals surface area contributed by atoms with Crippen LogP contribution in [0.3, 0.4) is 0 Å². The topological polar surface area (TPSA) is 88.2 Å². The van der Waals surface area contributed by atoms with Crippen LogP contribution in [-0.2, 0) is 10.0 Å². The molecule has 0 saturated heterocycles. The van der Waals surface area contributed by atoms with Gasteiger partial charge in [-0.2, -0.15) is 0 Å². The Morgan fingerprint density at radius 1 is 1.10 bits per heavy atom. The number of rotatable bonds is 4. The van der Waals surface area contributed by atoms with Crippen molar-refractivity contribution in [2.75, 3.05) is 0 Å². The number of aromatic nitrogens is 1. The lowest BCUT2D eigenvalue weighted by molar-refractivity contribution is 0.0944. The Hall–Kier alpha value is -2.25. The van der Waals surface area contributed by atoms with Crippen LogP contribution in [-0.4, -0.2) is 19.3 Å². The van der Waals surface area contributed by atoms with E-state index in [0.29, 0.717) is 11.3 Å². The summed E-state index contributed by atoms with van der Waals surface area (Å²) < 4.78 is 23.8. The Kier molecular flexibility index (Phi) is 4.11. The minimum absolute atomic E-state index is 0.0724. The summed E-state index contributed by atoms with van der Waals surface area (Å²) >= 11 is 0. The average Bonchev–Trinajstić information content (AvgIpc) is 2.46. The van der Waals surface area contributed by atoms with E-state index in [1.54, 1.807) is 43.5 Å². The van der Waals surface area contributed by atoms with Crippen molar-refractivity contribution in [3.63, 3.8) is 0 Å². The first-order valence-electron chi connectivity index (χ1n) is 5.79. The van der Waals surface area contributed by atoms with Gasteiger partial charge in [-0.05, 0) is 31.2 Å². The van der Waals surface area contributed by atoms with Gasteiger partial charge in [0.05, 0.1) is 16.2 Å². The summed E-state index contributed by atoms with van der Waals surface area (Å²) in [4.78, 5) is 17.9. The van der Waals surface area contributed by atoms with Gasteiger partial charge in [-0.15, -0.1) is 4.83 Å². The maximum absolute atomic E-state index is 11.9. The van der Waals surface area contributed by atoms with Crippen molar-refractivity contribution in [1.29, 1.82) is 0 Å². The van der Waals surface area contributed by atoms with E-state index < -0.39 is 15.9 Å². The molecule has 0 saturated carbocycles. The summed E-state index contributed by atoms with van der Waals surface area (Å²) in [5.41, 5.74) is 2.99. The largest absolute Gasteiger partial charge is 0.273 e. The molecule has 0 atom stereocenters. The van der Waals surface area contributed by atoms with Gasteiger partial charge in [0.2, 0.25) is 0 Å². The number of pyridine rings is 1. The third kappa shape index (κ3) is 3.19. The van der Waals surface area contributed by atoms with Gasteiger partial charge in [-0.3, -0.25) is 15.2 Å². The Bertz CT molecular complexity index is 715. The third-order valence-electron chi connectivity index (χ3n) is 2.60. The number of hydrogen-bond donors (Lipinski definition) is 2. The molecule has 0 aliphatic heterocycles. The predicted octanol–water partition coefficient (Wildman–Crippen LogP) is 1.01. The molecule has 0 radical (unpaired) electrons. The quantitative estimate of drug-likeness (QED) is 0.823. The van der Waals surface area contributed by atoms with Crippen LogP contribution >= 0.6 is 0 Å². The van der Waals surface area contributed by atoms with Crippen LogP contribution < -0.4 is 10.3 Å². The van der Waals surface area contributed by atoms with E-state index in [9.17, 15) is 13.2 Å². The fourth-order valence-corrected chi connectivity index (χ4v) is 2.42. The SMILES string of the molecule is Cc1ncccc1C(=O)NNS(=O)(=O)c1ccccc1. The lowest BCUT2D eigenvalue weighted by Gasteiger charge is -2.09. The highest BCUT2D eigenvalue weighted by Gasteiger charge is 2.16. The lowest BCUT2D eigenvalue weighted by Crippen LogP contribution is -2.41. The lowest BCUT2D eigenvalue weighted by atomic mass is 10.2. The fraction of sp³-hybridized carbons (Fsp3) is 0.0769. The van der Waals surface area contributed by atoms with E-state index in [1.807, 2.05) is 4.83 Å². The minimum Gasteiger partial charge on any atom is -0.273 e. The normalized spacial score (nSPS) is 11.1. The van der Waals surface area contributed by atoms with Crippen molar-refractivity contribution in [3.8, 4) is 0 Å². The summed E-state index contributed by atoms with van der Waals surface area (Å²) in [6.45, 7) is 1.67. The molecule has 1 amide bonds. The fourth-order valence-electron chi connectivity index (χ4n) is 1.56. The number of amides is 1. The molecule has 1 aromatic heterocycles. The summed E-state index contributed by atoms with van der Waals surface area (Å²) in [7, 11) is -3.78. The number of sulfonamides is 1. The molecule has 0 bridgehead atoms. The third-order valence-corrected chi connectivity index (χ3v) is 3.87. The number of carbonyl (C=O) groups excluding carboxylic acids is 1. The predicted molar refractivity (Wildman–Crippen MR) is 73.2 cm³/mol. The van der Waals surface area contributed by atoms with Gasteiger partial charge >= 0.3 is 0 Å². The zero-order valence-corrected chi connectivity index (χ0v) is 11.5. The molecule has 0 aliphatic rings. The van der Waals surface area contributed by atoms with Crippen LogP contribution in [0.5, 0.6) is 0 Å². The molecule has 2 N–H and O–H groups in total. The number of hydrogen-bond acceptors (Lipinski definition) is 4. The van der Waals surface area contributed by atoms with E-state index in [-0.39, 0.29) is 4.90 Å². The van der Waals surface area contributed by atoms with Gasteiger partial charge in [0.1, 0.15) is 0 Å². The van der Waals surface area contributed by atoms with Gasteiger partial charge in [0.15, 0.2) is 0 Å². The molecular weight excluding hydrogens is 278 g/mol. The van der Waals surface area contributed by atoms with Crippen molar-refractivity contribution in [3.05, 3.63) is 59.9 Å². The molecule has 0 aliphatic carbocycles. The van der Waals surface area contributed by atoms with E-state index >= 15 is 0 Å². The zero-order valence-electron chi connectivity index (χ0n) is 10.7. The maximum atomic E-state index is 11.9. The monoisotopic (exact) mass is 291 g/mol. The van der Waals surface area contributed by atoms with Crippen LogP contribution in [0.4, 0.5) is 0 Å². The van der Waals surface area contributed by atoms with Gasteiger partial charge < -0.3 is 0 Å². The molecular formula is C13H13N3O3S. The maximum Gasteiger partial charge on any atom is 0.268 e. The Labute approximate surface area is 116 Å². The van der Waals surface area contributed by atoms with Gasteiger partial charge in [-0.1, -0.05) is 18.2 Å². The zero-order chi connectivity index (χ0) is 14.6. The molecule has 20 heavy (non-hydrogen) atoms. The Balaban J connectivity index is 2.10. The van der Waals surface area contributed by atoms with Gasteiger partial charge in [0, 0.05) is 6.20 Å². The van der Waals surface area contributed by atoms with Crippen molar-refractivity contribution in [2.24, 2.45) is 0 Å². The molecule has 104 valence electrons. The van der Waals surface area contributed by atoms with Crippen LogP contribution in [0.15, 0.2) is 53.6 Å². The number of carbonyl (C=O) groups is 1. The van der Waals surface area contributed by atoms with E-state index in [4.69, 9.17) is 0 Å². The first-order chi connectivity index (χ1) is 9.50. The number of hydrazine groups is 1. The Morgan fingerprint density at radius 3 is 2.45 bits per heavy atom. The van der Waals surface area contributed by atoms with E-state index in [1.165, 1.54) is 12.1 Å². The molecule has 2 aromatic rings. The first kappa shape index (κ1) is 14.2. The van der Waals surface area contributed by atoms with Crippen LogP contribution in [0, 0.1) is 6.92 Å². The van der Waals surface area contributed by atoms with Crippen molar-refractivity contribution in [2.45, 2.75) is 11.8 Å². The molecule has 0 fully saturated rings. The van der Waals surface area contributed by atoms with E-state index in [0.717, 1.165) is 0 Å². The molecule has 1 aromatic carbocycles. The average molecular weight is 291 g/mol. The molecule has 1 heterocycles. The van der Waals surface area contributed by atoms with Gasteiger partial charge in [0.25, 0.3) is 15.9 Å². The summed E-state index contributed by atoms with van der Waals surface area (Å²) in [6, 6.07) is 10.9. The highest BCUT2D eigenvalue weighted by Crippen LogP contribution is 2.07. The van der Waals surface area contributed by atoms with Gasteiger partial charge in [-0.25, -0.2) is 8.42 Å². The summed E-state index contributed by atoms with van der Waals surface area (Å²) in [5.74, 6) is -0.560. The highest BCUT2D eigenvalue weighted by atomic mass is 32.2. The Morgan fingerprint density at radius 2 is 1.80 bits per heavy atom. The molecule has 2 rings (SSSR count). The standard InChI is InChI=1S/C13H13N3O3S/c1-10-12(8-5-9-14-10)13(17)15-16-20(18,19)11-6-3-2-4-7-11/h2-9,16H,1H3,(H,15,17). The van der Waals surface area contributed by atoms with Crippen LogP contribution in [0.1, 0.15) is 16.1 Å². The van der Waals surface area contributed by atoms with E-state index in [2.05, 4.69) is 10.4 Å². The molecule has 0 unspecified atom stereocenters. The second-order valence-corrected chi connectivity index (χ2v) is 5.69. The second-order valence-electron chi connectivity index (χ2n) is 4.01. The second kappa shape index (κ2) is 5.81. The summed E-state index contributed by atoms with van der Waals surface area (Å²) in [6.07, 6.45) is 1.56. The highest BCUT2D eigenvalue weighted by molar-refractivity contribution is 7.89. The van der Waals surface area contributed by atoms with Crippen molar-refractivity contribution < 1.29 is 13.2 Å². The van der Waals surface area contributed by atoms with Crippen molar-refractivity contribution >= 4 is 15.9 Å². The van der Waals surface area contributed by atoms with Crippen LogP contribution in [0.25, 0.3) is 0 Å². The minimum atomic E-state index is -3.78. The molecule has 0 spiro atoms. The smallest absolute Gasteiger partial charge is 0.268 e. The number of benzene rings is 1. The number of nitrogens with zero attached hydrogens (tertiary/aromatic N) is 1. The summed E-state index contributed by atoms with van der Waals surface area (Å²) in [5, 5.41) is 0. The molecule has 7 heteroatoms. The molecule has 6 nitrogen and oxygen atoms in total. The number of nitrogens with one attached hydrogen (secondary N) is 2. The first-order valence-corrected chi connectivity index (χ1v) is 7.28. The number of aryl methyl sites for hydroxylation is 1.